The number of carbonyl (C=O) groups is 2. The van der Waals surface area contributed by atoms with Crippen LogP contribution in [0.25, 0.3) is 0 Å². The molecule has 10 heteroatoms. The molecule has 0 radical (unpaired) electrons. The van der Waals surface area contributed by atoms with E-state index in [9.17, 15) is 18.0 Å². The Balaban J connectivity index is 2.02. The molecule has 0 fully saturated rings. The highest BCUT2D eigenvalue weighted by Crippen LogP contribution is 2.29. The Morgan fingerprint density at radius 3 is 2.20 bits per heavy atom. The summed E-state index contributed by atoms with van der Waals surface area (Å²) < 4.78 is 28.8. The molecule has 2 amide bonds. The maximum Gasteiger partial charge on any atom is 0.264 e. The van der Waals surface area contributed by atoms with Crippen LogP contribution in [0.1, 0.15) is 43.4 Å². The Bertz CT molecular complexity index is 1430. The van der Waals surface area contributed by atoms with Gasteiger partial charge in [0.05, 0.1) is 10.6 Å². The maximum absolute atomic E-state index is 13.9. The first-order valence-electron chi connectivity index (χ1n) is 13.1. The van der Waals surface area contributed by atoms with Crippen molar-refractivity contribution in [2.45, 2.75) is 58.0 Å². The van der Waals surface area contributed by atoms with Gasteiger partial charge in [0, 0.05) is 23.1 Å². The first kappa shape index (κ1) is 31.5. The Kier molecular flexibility index (Phi) is 11.0. The topological polar surface area (TPSA) is 86.8 Å². The van der Waals surface area contributed by atoms with E-state index < -0.39 is 28.5 Å². The van der Waals surface area contributed by atoms with Crippen molar-refractivity contribution in [3.05, 3.63) is 93.5 Å². The molecule has 0 heterocycles. The monoisotopic (exact) mass is 603 g/mol. The number of carbonyl (C=O) groups excluding carboxylic acids is 2. The van der Waals surface area contributed by atoms with E-state index in [4.69, 9.17) is 23.2 Å². The third kappa shape index (κ3) is 7.99. The lowest BCUT2D eigenvalue weighted by Crippen LogP contribution is -2.51. The van der Waals surface area contributed by atoms with E-state index in [0.717, 1.165) is 33.8 Å². The van der Waals surface area contributed by atoms with E-state index in [1.807, 2.05) is 20.8 Å². The van der Waals surface area contributed by atoms with E-state index >= 15 is 0 Å². The van der Waals surface area contributed by atoms with Gasteiger partial charge in [-0.1, -0.05) is 72.4 Å². The molecule has 7 nitrogen and oxygen atoms in total. The highest BCUT2D eigenvalue weighted by atomic mass is 35.5. The van der Waals surface area contributed by atoms with E-state index in [1.165, 1.54) is 23.1 Å². The number of anilines is 1. The van der Waals surface area contributed by atoms with Crippen LogP contribution < -0.4 is 9.62 Å². The molecule has 0 aliphatic rings. The second-order valence-electron chi connectivity index (χ2n) is 9.73. The molecule has 0 bridgehead atoms. The fourth-order valence-electron chi connectivity index (χ4n) is 4.01. The van der Waals surface area contributed by atoms with Crippen molar-refractivity contribution < 1.29 is 18.0 Å². The van der Waals surface area contributed by atoms with Crippen molar-refractivity contribution in [1.82, 2.24) is 10.2 Å². The van der Waals surface area contributed by atoms with Crippen molar-refractivity contribution in [3.8, 4) is 0 Å². The van der Waals surface area contributed by atoms with Crippen LogP contribution in [-0.2, 0) is 26.2 Å². The van der Waals surface area contributed by atoms with E-state index in [1.54, 1.807) is 55.5 Å². The molecule has 1 atom stereocenters. The number of nitrogens with zero attached hydrogens (tertiary/aromatic N) is 2. The number of hydrogen-bond donors (Lipinski definition) is 1. The number of sulfonamides is 1. The second kappa shape index (κ2) is 14.0. The average molecular weight is 605 g/mol. The number of unbranched alkanes of at least 4 members (excludes halogenated alkanes) is 1. The Labute approximate surface area is 247 Å². The SMILES string of the molecule is CCCCNC(=O)[C@@H](C)N(Cc1ccc(Cl)cc1)C(=O)CN(c1ccc(C)c(Cl)c1)S(=O)(=O)c1ccc(C)cc1. The third-order valence-corrected chi connectivity index (χ3v) is 9.04. The zero-order valence-corrected chi connectivity index (χ0v) is 25.5. The Hall–Kier alpha value is -3.07. The van der Waals surface area contributed by atoms with Crippen molar-refractivity contribution in [2.75, 3.05) is 17.4 Å². The predicted octanol–water partition coefficient (Wildman–Crippen LogP) is 6.14. The van der Waals surface area contributed by atoms with Crippen LogP contribution in [0.5, 0.6) is 0 Å². The van der Waals surface area contributed by atoms with Crippen LogP contribution in [0.4, 0.5) is 5.69 Å². The van der Waals surface area contributed by atoms with Gasteiger partial charge >= 0.3 is 0 Å². The lowest BCUT2D eigenvalue weighted by molar-refractivity contribution is -0.139. The van der Waals surface area contributed by atoms with Gasteiger partial charge in [0.1, 0.15) is 12.6 Å². The van der Waals surface area contributed by atoms with Gasteiger partial charge in [0.25, 0.3) is 10.0 Å². The minimum atomic E-state index is -4.16. The summed E-state index contributed by atoms with van der Waals surface area (Å²) in [5.74, 6) is -0.859. The van der Waals surface area contributed by atoms with Gasteiger partial charge in [-0.15, -0.1) is 0 Å². The molecule has 0 aromatic heterocycles. The standard InChI is InChI=1S/C30H35Cl2N3O4S/c1-5-6-17-33-30(37)23(4)34(19-24-10-12-25(31)13-11-24)29(36)20-35(26-14-9-22(3)28(32)18-26)40(38,39)27-15-7-21(2)8-16-27/h7-16,18,23H,5-6,17,19-20H2,1-4H3,(H,33,37)/t23-/m1/s1. The van der Waals surface area contributed by atoms with Gasteiger partial charge in [-0.3, -0.25) is 13.9 Å². The molecule has 40 heavy (non-hydrogen) atoms. The van der Waals surface area contributed by atoms with Crippen molar-refractivity contribution in [2.24, 2.45) is 0 Å². The second-order valence-corrected chi connectivity index (χ2v) is 12.4. The smallest absolute Gasteiger partial charge is 0.264 e. The molecule has 0 aliphatic heterocycles. The molecule has 0 unspecified atom stereocenters. The zero-order chi connectivity index (χ0) is 29.4. The van der Waals surface area contributed by atoms with Gasteiger partial charge in [0.15, 0.2) is 0 Å². The lowest BCUT2D eigenvalue weighted by atomic mass is 10.1. The minimum Gasteiger partial charge on any atom is -0.354 e. The molecule has 1 N–H and O–H groups in total. The highest BCUT2D eigenvalue weighted by Gasteiger charge is 2.32. The van der Waals surface area contributed by atoms with Gasteiger partial charge in [-0.2, -0.15) is 0 Å². The summed E-state index contributed by atoms with van der Waals surface area (Å²) in [4.78, 5) is 28.4. The fraction of sp³-hybridized carbons (Fsp3) is 0.333. The van der Waals surface area contributed by atoms with Crippen molar-refractivity contribution in [3.63, 3.8) is 0 Å². The van der Waals surface area contributed by atoms with Crippen molar-refractivity contribution >= 4 is 50.7 Å². The number of hydrogen-bond acceptors (Lipinski definition) is 4. The first-order valence-corrected chi connectivity index (χ1v) is 15.3. The molecule has 214 valence electrons. The summed E-state index contributed by atoms with van der Waals surface area (Å²) >= 11 is 12.4. The highest BCUT2D eigenvalue weighted by molar-refractivity contribution is 7.92. The minimum absolute atomic E-state index is 0.0391. The lowest BCUT2D eigenvalue weighted by Gasteiger charge is -2.32. The summed E-state index contributed by atoms with van der Waals surface area (Å²) in [6.45, 7) is 7.37. The van der Waals surface area contributed by atoms with Crippen LogP contribution in [0.15, 0.2) is 71.6 Å². The Morgan fingerprint density at radius 1 is 0.950 bits per heavy atom. The van der Waals surface area contributed by atoms with Crippen LogP contribution in [-0.4, -0.2) is 44.3 Å². The normalized spacial score (nSPS) is 12.1. The molecular formula is C30H35Cl2N3O4S. The number of nitrogens with one attached hydrogen (secondary N) is 1. The van der Waals surface area contributed by atoms with Gasteiger partial charge in [0.2, 0.25) is 11.8 Å². The van der Waals surface area contributed by atoms with E-state index in [-0.39, 0.29) is 23.0 Å². The largest absolute Gasteiger partial charge is 0.354 e. The number of amides is 2. The number of halogens is 2. The number of aryl methyl sites for hydroxylation is 2. The van der Waals surface area contributed by atoms with E-state index in [2.05, 4.69) is 5.32 Å². The van der Waals surface area contributed by atoms with Gasteiger partial charge in [-0.05, 0) is 74.7 Å². The molecule has 0 saturated carbocycles. The summed E-state index contributed by atoms with van der Waals surface area (Å²) in [5.41, 5.74) is 2.66. The third-order valence-electron chi connectivity index (χ3n) is 6.59. The molecule has 3 aromatic rings. The fourth-order valence-corrected chi connectivity index (χ4v) is 5.72. The average Bonchev–Trinajstić information content (AvgIpc) is 2.92. The van der Waals surface area contributed by atoms with Crippen LogP contribution >= 0.6 is 23.2 Å². The molecular weight excluding hydrogens is 569 g/mol. The van der Waals surface area contributed by atoms with E-state index in [0.29, 0.717) is 16.6 Å². The van der Waals surface area contributed by atoms with Crippen LogP contribution in [0, 0.1) is 13.8 Å². The summed E-state index contributed by atoms with van der Waals surface area (Å²) in [6, 6.07) is 17.3. The number of benzene rings is 3. The summed E-state index contributed by atoms with van der Waals surface area (Å²) in [6.07, 6.45) is 1.72. The maximum atomic E-state index is 13.9. The molecule has 3 rings (SSSR count). The van der Waals surface area contributed by atoms with Crippen LogP contribution in [0.2, 0.25) is 10.0 Å². The zero-order valence-electron chi connectivity index (χ0n) is 23.2. The summed E-state index contributed by atoms with van der Waals surface area (Å²) in [5, 5.41) is 3.78. The molecule has 0 saturated heterocycles. The van der Waals surface area contributed by atoms with Gasteiger partial charge in [-0.25, -0.2) is 8.42 Å². The molecule has 3 aromatic carbocycles. The van der Waals surface area contributed by atoms with Gasteiger partial charge < -0.3 is 10.2 Å². The molecule has 0 spiro atoms. The first-order chi connectivity index (χ1) is 18.9. The van der Waals surface area contributed by atoms with Crippen molar-refractivity contribution in [1.29, 1.82) is 0 Å². The van der Waals surface area contributed by atoms with Crippen LogP contribution in [0.3, 0.4) is 0 Å². The quantitative estimate of drug-likeness (QED) is 0.252. The Morgan fingerprint density at radius 2 is 1.60 bits per heavy atom. The predicted molar refractivity (Wildman–Crippen MR) is 161 cm³/mol. The molecule has 0 aliphatic carbocycles. The summed E-state index contributed by atoms with van der Waals surface area (Å²) in [7, 11) is -4.16. The number of rotatable bonds is 12.